The zero-order chi connectivity index (χ0) is 14.6. The number of nitrogens with one attached hydrogen (secondary N) is 1. The van der Waals surface area contributed by atoms with E-state index in [1.165, 1.54) is 5.56 Å². The van der Waals surface area contributed by atoms with Gasteiger partial charge in [0.15, 0.2) is 0 Å². The maximum atomic E-state index is 12.3. The molecule has 0 saturated heterocycles. The first-order valence-corrected chi connectivity index (χ1v) is 8.25. The lowest BCUT2D eigenvalue weighted by atomic mass is 10.00. The molecule has 4 heteroatoms. The zero-order valence-electron chi connectivity index (χ0n) is 12.0. The van der Waals surface area contributed by atoms with E-state index < -0.39 is 11.4 Å². The molecule has 19 heavy (non-hydrogen) atoms. The highest BCUT2D eigenvalue weighted by molar-refractivity contribution is 9.10. The summed E-state index contributed by atoms with van der Waals surface area (Å²) < 4.78 is 16.3. The van der Waals surface area contributed by atoms with Crippen LogP contribution in [0.1, 0.15) is 44.4 Å². The lowest BCUT2D eigenvalue weighted by molar-refractivity contribution is 0.523. The summed E-state index contributed by atoms with van der Waals surface area (Å²) in [7, 11) is 0. The summed E-state index contributed by atoms with van der Waals surface area (Å²) in [6.07, 6.45) is 2.61. The van der Waals surface area contributed by atoms with E-state index in [4.69, 9.17) is 0 Å². The van der Waals surface area contributed by atoms with Crippen LogP contribution >= 0.6 is 15.9 Å². The summed E-state index contributed by atoms with van der Waals surface area (Å²) in [5.41, 5.74) is 2.35. The van der Waals surface area contributed by atoms with Crippen molar-refractivity contribution in [3.8, 4) is 0 Å². The minimum atomic E-state index is -1.10. The lowest BCUT2D eigenvalue weighted by Gasteiger charge is -2.28. The van der Waals surface area contributed by atoms with Gasteiger partial charge in [-0.15, -0.1) is 11.3 Å². The van der Waals surface area contributed by atoms with Gasteiger partial charge >= 0.3 is 0 Å². The van der Waals surface area contributed by atoms with E-state index in [1.54, 1.807) is 0 Å². The number of hydrogen-bond donors (Lipinski definition) is 1. The number of benzene rings is 1. The monoisotopic (exact) mass is 343 g/mol. The van der Waals surface area contributed by atoms with Crippen molar-refractivity contribution in [2.75, 3.05) is 0 Å². The molecule has 1 rings (SSSR count). The molecular formula is C15H22BrNOS. The molecule has 0 bridgehead atoms. The van der Waals surface area contributed by atoms with Crippen molar-refractivity contribution in [1.29, 1.82) is 0 Å². The predicted molar refractivity (Wildman–Crippen MR) is 87.5 cm³/mol. The zero-order valence-corrected chi connectivity index (χ0v) is 14.4. The van der Waals surface area contributed by atoms with Crippen LogP contribution in [0.4, 0.5) is 0 Å². The van der Waals surface area contributed by atoms with Crippen LogP contribution in [0.2, 0.25) is 0 Å². The van der Waals surface area contributed by atoms with Crippen molar-refractivity contribution in [2.24, 2.45) is 0 Å². The first kappa shape index (κ1) is 16.8. The average Bonchev–Trinajstić information content (AvgIpc) is 2.30. The quantitative estimate of drug-likeness (QED) is 0.634. The third-order valence-corrected chi connectivity index (χ3v) is 4.93. The average molecular weight is 344 g/mol. The summed E-state index contributed by atoms with van der Waals surface area (Å²) in [6, 6.07) is 6.19. The van der Waals surface area contributed by atoms with Crippen molar-refractivity contribution in [2.45, 2.75) is 44.9 Å². The highest BCUT2D eigenvalue weighted by Crippen LogP contribution is 2.27. The molecule has 0 fully saturated rings. The Morgan fingerprint density at radius 2 is 2.11 bits per heavy atom. The van der Waals surface area contributed by atoms with Crippen LogP contribution in [0.25, 0.3) is 0 Å². The Morgan fingerprint density at radius 3 is 2.63 bits per heavy atom. The molecule has 0 amide bonds. The molecule has 0 aliphatic carbocycles. The first-order valence-electron chi connectivity index (χ1n) is 6.30. The molecule has 0 heterocycles. The lowest BCUT2D eigenvalue weighted by Crippen LogP contribution is -2.41. The molecule has 0 saturated carbocycles. The molecule has 1 aromatic rings. The molecule has 1 N–H and O–H groups in total. The van der Waals surface area contributed by atoms with Crippen LogP contribution in [0, 0.1) is 6.92 Å². The summed E-state index contributed by atoms with van der Waals surface area (Å²) in [4.78, 5) is 0. The Balaban J connectivity index is 3.00. The number of halogens is 1. The van der Waals surface area contributed by atoms with Crippen molar-refractivity contribution < 1.29 is 4.55 Å². The van der Waals surface area contributed by atoms with Gasteiger partial charge in [-0.3, -0.25) is 0 Å². The third-order valence-electron chi connectivity index (χ3n) is 2.82. The van der Waals surface area contributed by atoms with Gasteiger partial charge in [0, 0.05) is 15.8 Å². The summed E-state index contributed by atoms with van der Waals surface area (Å²) >= 11 is 2.39. The molecule has 106 valence electrons. The number of hydrogen-bond acceptors (Lipinski definition) is 2. The first-order chi connectivity index (χ1) is 8.75. The fourth-order valence-electron chi connectivity index (χ4n) is 1.70. The molecule has 2 unspecified atom stereocenters. The Morgan fingerprint density at radius 1 is 1.47 bits per heavy atom. The van der Waals surface area contributed by atoms with Crippen LogP contribution in [-0.4, -0.2) is 9.30 Å². The maximum absolute atomic E-state index is 12.3. The van der Waals surface area contributed by atoms with Gasteiger partial charge in [0.25, 0.3) is 0 Å². The van der Waals surface area contributed by atoms with Gasteiger partial charge in [-0.2, -0.15) is 0 Å². The van der Waals surface area contributed by atoms with E-state index in [0.29, 0.717) is 0 Å². The standard InChI is InChI=1S/C15H22BrNOS/c1-6-7-14(17-19(18)15(3,4)5)13-10-12(16)9-8-11(13)2/h6,8-10,14,17H,1,7H2,2-5H3. The van der Waals surface area contributed by atoms with E-state index in [2.05, 4.69) is 46.3 Å². The molecule has 0 aromatic heterocycles. The molecule has 2 nitrogen and oxygen atoms in total. The third kappa shape index (κ3) is 4.95. The maximum Gasteiger partial charge on any atom is 0.136 e. The summed E-state index contributed by atoms with van der Waals surface area (Å²) in [5, 5.41) is 0. The summed E-state index contributed by atoms with van der Waals surface area (Å²) in [6.45, 7) is 11.8. The fourth-order valence-corrected chi connectivity index (χ4v) is 2.91. The van der Waals surface area contributed by atoms with Crippen molar-refractivity contribution in [1.82, 2.24) is 4.72 Å². The Labute approximate surface area is 128 Å². The van der Waals surface area contributed by atoms with Crippen LogP contribution in [0.15, 0.2) is 35.3 Å². The second-order valence-corrected chi connectivity index (χ2v) is 8.49. The highest BCUT2D eigenvalue weighted by atomic mass is 79.9. The Kier molecular flexibility index (Phi) is 6.12. The smallest absolute Gasteiger partial charge is 0.136 e. The van der Waals surface area contributed by atoms with E-state index in [0.717, 1.165) is 16.5 Å². The molecule has 0 aliphatic rings. The van der Waals surface area contributed by atoms with E-state index in [9.17, 15) is 4.55 Å². The van der Waals surface area contributed by atoms with E-state index in [-0.39, 0.29) is 10.8 Å². The normalized spacial score (nSPS) is 15.1. The summed E-state index contributed by atoms with van der Waals surface area (Å²) in [5.74, 6) is 0. The Bertz CT molecular complexity index is 442. The minimum Gasteiger partial charge on any atom is -0.598 e. The van der Waals surface area contributed by atoms with Crippen molar-refractivity contribution in [3.63, 3.8) is 0 Å². The second-order valence-electron chi connectivity index (χ2n) is 5.58. The minimum absolute atomic E-state index is 0.0232. The second kappa shape index (κ2) is 6.93. The number of rotatable bonds is 5. The Hall–Kier alpha value is -0.290. The topological polar surface area (TPSA) is 35.1 Å². The van der Waals surface area contributed by atoms with Gasteiger partial charge in [-0.1, -0.05) is 28.1 Å². The largest absolute Gasteiger partial charge is 0.598 e. The molecule has 1 aromatic carbocycles. The van der Waals surface area contributed by atoms with Crippen LogP contribution in [-0.2, 0) is 11.4 Å². The molecule has 0 aliphatic heterocycles. The highest BCUT2D eigenvalue weighted by Gasteiger charge is 2.29. The molecule has 0 spiro atoms. The molecule has 0 radical (unpaired) electrons. The molecule has 2 atom stereocenters. The van der Waals surface area contributed by atoms with Gasteiger partial charge in [0.05, 0.1) is 6.04 Å². The molecular weight excluding hydrogens is 322 g/mol. The number of aryl methyl sites for hydroxylation is 1. The van der Waals surface area contributed by atoms with Gasteiger partial charge in [0.2, 0.25) is 0 Å². The van der Waals surface area contributed by atoms with Crippen molar-refractivity contribution >= 4 is 27.3 Å². The van der Waals surface area contributed by atoms with Gasteiger partial charge < -0.3 is 4.55 Å². The van der Waals surface area contributed by atoms with E-state index >= 15 is 0 Å². The van der Waals surface area contributed by atoms with Crippen LogP contribution in [0.3, 0.4) is 0 Å². The van der Waals surface area contributed by atoms with Gasteiger partial charge in [-0.25, -0.2) is 0 Å². The predicted octanol–water partition coefficient (Wildman–Crippen LogP) is 4.43. The van der Waals surface area contributed by atoms with E-state index in [1.807, 2.05) is 32.9 Å². The van der Waals surface area contributed by atoms with Crippen LogP contribution < -0.4 is 4.72 Å². The van der Waals surface area contributed by atoms with Gasteiger partial charge in [-0.05, 0) is 57.4 Å². The SMILES string of the molecule is C=CCC(N[S+]([O-])C(C)(C)C)c1cc(Br)ccc1C. The fraction of sp³-hybridized carbons (Fsp3) is 0.467. The van der Waals surface area contributed by atoms with Gasteiger partial charge in [0.1, 0.15) is 4.75 Å². The van der Waals surface area contributed by atoms with Crippen molar-refractivity contribution in [3.05, 3.63) is 46.5 Å². The van der Waals surface area contributed by atoms with Crippen LogP contribution in [0.5, 0.6) is 0 Å².